The maximum atomic E-state index is 5.95. The third kappa shape index (κ3) is 1.68. The largest absolute Gasteiger partial charge is 0.497 e. The molecule has 0 N–H and O–H groups in total. The average molecular weight is 225 g/mol. The average Bonchev–Trinajstić information content (AvgIpc) is 2.28. The Morgan fingerprint density at radius 1 is 1.13 bits per heavy atom. The van der Waals surface area contributed by atoms with Crippen LogP contribution >= 0.6 is 11.6 Å². The molecule has 5 heteroatoms. The first-order valence-corrected chi connectivity index (χ1v) is 4.66. The van der Waals surface area contributed by atoms with Gasteiger partial charge in [0.15, 0.2) is 0 Å². The fourth-order valence-electron chi connectivity index (χ4n) is 1.35. The molecule has 0 spiro atoms. The lowest BCUT2D eigenvalue weighted by Crippen LogP contribution is -1.92. The van der Waals surface area contributed by atoms with Crippen LogP contribution < -0.4 is 9.47 Å². The lowest BCUT2D eigenvalue weighted by Gasteiger charge is -2.07. The number of aromatic nitrogens is 2. The van der Waals surface area contributed by atoms with E-state index < -0.39 is 0 Å². The minimum Gasteiger partial charge on any atom is -0.497 e. The number of hydrogen-bond donors (Lipinski definition) is 0. The van der Waals surface area contributed by atoms with Gasteiger partial charge < -0.3 is 9.47 Å². The van der Waals surface area contributed by atoms with E-state index in [1.807, 2.05) is 0 Å². The van der Waals surface area contributed by atoms with E-state index in [0.717, 1.165) is 5.39 Å². The fourth-order valence-corrected chi connectivity index (χ4v) is 1.54. The molecule has 1 aromatic heterocycles. The summed E-state index contributed by atoms with van der Waals surface area (Å²) in [6.45, 7) is 0. The van der Waals surface area contributed by atoms with E-state index in [1.54, 1.807) is 26.4 Å². The van der Waals surface area contributed by atoms with Gasteiger partial charge in [0.05, 0.1) is 14.2 Å². The van der Waals surface area contributed by atoms with Crippen molar-refractivity contribution in [3.8, 4) is 11.5 Å². The van der Waals surface area contributed by atoms with Gasteiger partial charge in [-0.3, -0.25) is 0 Å². The third-order valence-corrected chi connectivity index (χ3v) is 2.39. The van der Waals surface area contributed by atoms with Gasteiger partial charge in [-0.05, 0) is 6.07 Å². The van der Waals surface area contributed by atoms with Crippen LogP contribution in [0.2, 0.25) is 5.15 Å². The maximum absolute atomic E-state index is 5.95. The van der Waals surface area contributed by atoms with Gasteiger partial charge in [0.1, 0.15) is 28.5 Å². The van der Waals surface area contributed by atoms with Crippen LogP contribution in [0.15, 0.2) is 18.5 Å². The predicted molar refractivity (Wildman–Crippen MR) is 57.7 cm³/mol. The Balaban J connectivity index is 2.80. The van der Waals surface area contributed by atoms with Gasteiger partial charge in [-0.1, -0.05) is 11.6 Å². The molecule has 0 amide bonds. The number of fused-ring (bicyclic) bond motifs is 1. The first-order valence-electron chi connectivity index (χ1n) is 4.28. The molecule has 0 unspecified atom stereocenters. The van der Waals surface area contributed by atoms with Crippen LogP contribution in [0.5, 0.6) is 11.5 Å². The lowest BCUT2D eigenvalue weighted by atomic mass is 10.2. The van der Waals surface area contributed by atoms with Gasteiger partial charge >= 0.3 is 0 Å². The SMILES string of the molecule is COc1cc(OC)c2ncnc(Cl)c2c1. The maximum Gasteiger partial charge on any atom is 0.148 e. The Hall–Kier alpha value is -1.55. The van der Waals surface area contributed by atoms with Crippen molar-refractivity contribution >= 4 is 22.5 Å². The second-order valence-electron chi connectivity index (χ2n) is 2.89. The Morgan fingerprint density at radius 2 is 1.93 bits per heavy atom. The molecule has 1 heterocycles. The van der Waals surface area contributed by atoms with Crippen molar-refractivity contribution in [2.24, 2.45) is 0 Å². The van der Waals surface area contributed by atoms with Crippen molar-refractivity contribution < 1.29 is 9.47 Å². The summed E-state index contributed by atoms with van der Waals surface area (Å²) >= 11 is 5.95. The van der Waals surface area contributed by atoms with Crippen molar-refractivity contribution in [3.63, 3.8) is 0 Å². The van der Waals surface area contributed by atoms with Crippen LogP contribution in [0.1, 0.15) is 0 Å². The highest BCUT2D eigenvalue weighted by atomic mass is 35.5. The highest BCUT2D eigenvalue weighted by molar-refractivity contribution is 6.34. The van der Waals surface area contributed by atoms with Crippen LogP contribution in [0.25, 0.3) is 10.9 Å². The molecule has 0 aliphatic rings. The minimum atomic E-state index is 0.386. The Labute approximate surface area is 91.8 Å². The first kappa shape index (κ1) is 9.98. The molecule has 0 fully saturated rings. The van der Waals surface area contributed by atoms with Gasteiger partial charge in [0.25, 0.3) is 0 Å². The van der Waals surface area contributed by atoms with E-state index in [0.29, 0.717) is 22.2 Å². The van der Waals surface area contributed by atoms with E-state index in [4.69, 9.17) is 21.1 Å². The van der Waals surface area contributed by atoms with Crippen LogP contribution in [0.3, 0.4) is 0 Å². The molecule has 2 rings (SSSR count). The lowest BCUT2D eigenvalue weighted by molar-refractivity contribution is 0.397. The summed E-state index contributed by atoms with van der Waals surface area (Å²) in [5, 5.41) is 1.10. The van der Waals surface area contributed by atoms with Gasteiger partial charge in [-0.15, -0.1) is 0 Å². The molecule has 0 aliphatic heterocycles. The topological polar surface area (TPSA) is 44.2 Å². The number of rotatable bonds is 2. The number of benzene rings is 1. The van der Waals surface area contributed by atoms with Crippen LogP contribution in [0.4, 0.5) is 0 Å². The van der Waals surface area contributed by atoms with Gasteiger partial charge in [0, 0.05) is 11.5 Å². The Morgan fingerprint density at radius 3 is 2.60 bits per heavy atom. The van der Waals surface area contributed by atoms with Crippen molar-refractivity contribution in [2.75, 3.05) is 14.2 Å². The smallest absolute Gasteiger partial charge is 0.148 e. The minimum absolute atomic E-state index is 0.386. The second kappa shape index (κ2) is 3.90. The second-order valence-corrected chi connectivity index (χ2v) is 3.25. The monoisotopic (exact) mass is 224 g/mol. The van der Waals surface area contributed by atoms with Gasteiger partial charge in [0.2, 0.25) is 0 Å². The van der Waals surface area contributed by atoms with Gasteiger partial charge in [-0.25, -0.2) is 9.97 Å². The highest BCUT2D eigenvalue weighted by Crippen LogP contribution is 2.32. The molecule has 2 aromatic rings. The molecule has 0 atom stereocenters. The van der Waals surface area contributed by atoms with E-state index in [9.17, 15) is 0 Å². The van der Waals surface area contributed by atoms with E-state index >= 15 is 0 Å². The number of ether oxygens (including phenoxy) is 2. The molecule has 0 bridgehead atoms. The molecule has 15 heavy (non-hydrogen) atoms. The predicted octanol–water partition coefficient (Wildman–Crippen LogP) is 2.30. The molecule has 78 valence electrons. The standard InChI is InChI=1S/C10H9ClN2O2/c1-14-6-3-7-9(8(4-6)15-2)12-5-13-10(7)11/h3-5H,1-2H3. The zero-order chi connectivity index (χ0) is 10.8. The molecule has 4 nitrogen and oxygen atoms in total. The van der Waals surface area contributed by atoms with Crippen LogP contribution in [0, 0.1) is 0 Å². The Bertz CT molecular complexity index is 502. The quantitative estimate of drug-likeness (QED) is 0.735. The third-order valence-electron chi connectivity index (χ3n) is 2.08. The van der Waals surface area contributed by atoms with Crippen LogP contribution in [-0.4, -0.2) is 24.2 Å². The summed E-state index contributed by atoms with van der Waals surface area (Å²) in [7, 11) is 3.16. The zero-order valence-electron chi connectivity index (χ0n) is 8.32. The van der Waals surface area contributed by atoms with Crippen molar-refractivity contribution in [1.82, 2.24) is 9.97 Å². The summed E-state index contributed by atoms with van der Waals surface area (Å²) in [5.41, 5.74) is 0.679. The summed E-state index contributed by atoms with van der Waals surface area (Å²) in [6, 6.07) is 3.53. The summed E-state index contributed by atoms with van der Waals surface area (Å²) < 4.78 is 10.3. The molecule has 0 aliphatic carbocycles. The number of methoxy groups -OCH3 is 2. The molecule has 1 aromatic carbocycles. The number of halogens is 1. The Kier molecular flexibility index (Phi) is 2.60. The van der Waals surface area contributed by atoms with Crippen molar-refractivity contribution in [1.29, 1.82) is 0 Å². The van der Waals surface area contributed by atoms with Gasteiger partial charge in [-0.2, -0.15) is 0 Å². The summed E-state index contributed by atoms with van der Waals surface area (Å²) in [6.07, 6.45) is 1.40. The molecule has 0 saturated carbocycles. The van der Waals surface area contributed by atoms with Crippen LogP contribution in [-0.2, 0) is 0 Å². The normalized spacial score (nSPS) is 10.3. The molecular formula is C10H9ClN2O2. The molecular weight excluding hydrogens is 216 g/mol. The molecule has 0 saturated heterocycles. The fraction of sp³-hybridized carbons (Fsp3) is 0.200. The summed E-state index contributed by atoms with van der Waals surface area (Å²) in [4.78, 5) is 8.01. The summed E-state index contributed by atoms with van der Waals surface area (Å²) in [5.74, 6) is 1.28. The number of nitrogens with zero attached hydrogens (tertiary/aromatic N) is 2. The number of hydrogen-bond acceptors (Lipinski definition) is 4. The van der Waals surface area contributed by atoms with Crippen molar-refractivity contribution in [2.45, 2.75) is 0 Å². The zero-order valence-corrected chi connectivity index (χ0v) is 9.08. The van der Waals surface area contributed by atoms with Crippen molar-refractivity contribution in [3.05, 3.63) is 23.6 Å². The van der Waals surface area contributed by atoms with E-state index in [-0.39, 0.29) is 0 Å². The first-order chi connectivity index (χ1) is 7.26. The molecule has 0 radical (unpaired) electrons. The highest BCUT2D eigenvalue weighted by Gasteiger charge is 2.09. The van der Waals surface area contributed by atoms with E-state index in [1.165, 1.54) is 6.33 Å². The van der Waals surface area contributed by atoms with E-state index in [2.05, 4.69) is 9.97 Å².